The van der Waals surface area contributed by atoms with E-state index in [1.807, 2.05) is 29.1 Å². The molecule has 1 saturated carbocycles. The van der Waals surface area contributed by atoms with E-state index in [0.717, 1.165) is 50.2 Å². The molecule has 1 unspecified atom stereocenters. The van der Waals surface area contributed by atoms with Gasteiger partial charge in [-0.15, -0.1) is 0 Å². The van der Waals surface area contributed by atoms with Crippen LogP contribution in [0.3, 0.4) is 0 Å². The Morgan fingerprint density at radius 2 is 2.19 bits per heavy atom. The van der Waals surface area contributed by atoms with Gasteiger partial charge in [0.05, 0.1) is 6.04 Å². The highest BCUT2D eigenvalue weighted by Crippen LogP contribution is 2.40. The second-order valence-electron chi connectivity index (χ2n) is 7.14. The standard InChI is InChI=1S/C19H21N5O2/c25-18(16-7-9-24(23-16)14-2-1-8-20-11-14)21-13-5-6-15-17(10-13)26-19(22-15)12-3-4-12/h5-7,9-10,12,14,20H,1-4,8,11H2,(H,21,25). The largest absolute Gasteiger partial charge is 0.440 e. The van der Waals surface area contributed by atoms with Crippen molar-refractivity contribution in [1.29, 1.82) is 0 Å². The molecule has 26 heavy (non-hydrogen) atoms. The smallest absolute Gasteiger partial charge is 0.276 e. The maximum Gasteiger partial charge on any atom is 0.276 e. The average Bonchev–Trinajstić information content (AvgIpc) is 3.24. The molecule has 1 atom stereocenters. The summed E-state index contributed by atoms with van der Waals surface area (Å²) in [5, 5.41) is 10.7. The predicted octanol–water partition coefficient (Wildman–Crippen LogP) is 3.08. The van der Waals surface area contributed by atoms with Gasteiger partial charge in [-0.05, 0) is 50.4 Å². The summed E-state index contributed by atoms with van der Waals surface area (Å²) >= 11 is 0. The van der Waals surface area contributed by atoms with Gasteiger partial charge in [0.1, 0.15) is 5.52 Å². The Labute approximate surface area is 150 Å². The zero-order valence-electron chi connectivity index (χ0n) is 14.4. The van der Waals surface area contributed by atoms with Gasteiger partial charge in [-0.25, -0.2) is 4.98 Å². The molecule has 7 nitrogen and oxygen atoms in total. The molecule has 3 heterocycles. The van der Waals surface area contributed by atoms with E-state index >= 15 is 0 Å². The van der Waals surface area contributed by atoms with Crippen molar-refractivity contribution in [2.45, 2.75) is 37.6 Å². The van der Waals surface area contributed by atoms with Crippen molar-refractivity contribution < 1.29 is 9.21 Å². The maximum atomic E-state index is 12.5. The average molecular weight is 351 g/mol. The van der Waals surface area contributed by atoms with E-state index in [-0.39, 0.29) is 5.91 Å². The number of oxazole rings is 1. The third-order valence-electron chi connectivity index (χ3n) is 5.08. The first-order chi connectivity index (χ1) is 12.8. The summed E-state index contributed by atoms with van der Waals surface area (Å²) in [7, 11) is 0. The van der Waals surface area contributed by atoms with Crippen molar-refractivity contribution in [2.24, 2.45) is 0 Å². The van der Waals surface area contributed by atoms with Gasteiger partial charge < -0.3 is 15.1 Å². The van der Waals surface area contributed by atoms with Crippen LogP contribution in [0.15, 0.2) is 34.9 Å². The van der Waals surface area contributed by atoms with E-state index in [4.69, 9.17) is 4.42 Å². The van der Waals surface area contributed by atoms with E-state index in [1.54, 1.807) is 6.07 Å². The zero-order chi connectivity index (χ0) is 17.5. The molecule has 0 radical (unpaired) electrons. The summed E-state index contributed by atoms with van der Waals surface area (Å²) in [6.07, 6.45) is 6.40. The monoisotopic (exact) mass is 351 g/mol. The van der Waals surface area contributed by atoms with Gasteiger partial charge >= 0.3 is 0 Å². The molecule has 1 aliphatic carbocycles. The molecule has 0 bridgehead atoms. The second kappa shape index (κ2) is 6.25. The molecular weight excluding hydrogens is 330 g/mol. The normalized spacial score (nSPS) is 20.4. The fourth-order valence-electron chi connectivity index (χ4n) is 3.44. The molecule has 1 aliphatic heterocycles. The lowest BCUT2D eigenvalue weighted by molar-refractivity contribution is 0.102. The van der Waals surface area contributed by atoms with E-state index in [0.29, 0.717) is 28.9 Å². The van der Waals surface area contributed by atoms with Crippen LogP contribution in [-0.4, -0.2) is 33.8 Å². The van der Waals surface area contributed by atoms with Crippen molar-refractivity contribution in [3.63, 3.8) is 0 Å². The lowest BCUT2D eigenvalue weighted by atomic mass is 10.1. The summed E-state index contributed by atoms with van der Waals surface area (Å²) in [5.74, 6) is 1.07. The molecular formula is C19H21N5O2. The first-order valence-electron chi connectivity index (χ1n) is 9.24. The van der Waals surface area contributed by atoms with Crippen LogP contribution in [0.2, 0.25) is 0 Å². The number of hydrogen-bond acceptors (Lipinski definition) is 5. The number of nitrogens with one attached hydrogen (secondary N) is 2. The number of fused-ring (bicyclic) bond motifs is 1. The SMILES string of the molecule is O=C(Nc1ccc2nc(C3CC3)oc2c1)c1ccn(C2CCCNC2)n1. The van der Waals surface area contributed by atoms with E-state index in [2.05, 4.69) is 20.7 Å². The Hall–Kier alpha value is -2.67. The highest BCUT2D eigenvalue weighted by Gasteiger charge is 2.29. The predicted molar refractivity (Wildman–Crippen MR) is 97.3 cm³/mol. The van der Waals surface area contributed by atoms with Crippen molar-refractivity contribution in [2.75, 3.05) is 18.4 Å². The molecule has 1 amide bonds. The first-order valence-corrected chi connectivity index (χ1v) is 9.24. The summed E-state index contributed by atoms with van der Waals surface area (Å²) in [4.78, 5) is 17.0. The lowest BCUT2D eigenvalue weighted by Gasteiger charge is -2.22. The molecule has 7 heteroatoms. The third kappa shape index (κ3) is 2.99. The fraction of sp³-hybridized carbons (Fsp3) is 0.421. The molecule has 2 fully saturated rings. The number of carbonyl (C=O) groups excluding carboxylic acids is 1. The van der Waals surface area contributed by atoms with Crippen LogP contribution in [0.1, 0.15) is 54.0 Å². The Morgan fingerprint density at radius 1 is 1.27 bits per heavy atom. The molecule has 134 valence electrons. The van der Waals surface area contributed by atoms with Crippen molar-refractivity contribution in [1.82, 2.24) is 20.1 Å². The minimum absolute atomic E-state index is 0.214. The van der Waals surface area contributed by atoms with Crippen molar-refractivity contribution in [3.05, 3.63) is 42.0 Å². The number of amides is 1. The highest BCUT2D eigenvalue weighted by atomic mass is 16.3. The zero-order valence-corrected chi connectivity index (χ0v) is 14.4. The van der Waals surface area contributed by atoms with Crippen molar-refractivity contribution in [3.8, 4) is 0 Å². The fourth-order valence-corrected chi connectivity index (χ4v) is 3.44. The molecule has 1 saturated heterocycles. The number of anilines is 1. The first kappa shape index (κ1) is 15.6. The van der Waals surface area contributed by atoms with Gasteiger partial charge in [0.2, 0.25) is 0 Å². The summed E-state index contributed by atoms with van der Waals surface area (Å²) in [5.41, 5.74) is 2.66. The number of piperidine rings is 1. The van der Waals surface area contributed by atoms with Gasteiger partial charge in [-0.3, -0.25) is 9.48 Å². The van der Waals surface area contributed by atoms with Crippen LogP contribution in [-0.2, 0) is 0 Å². The topological polar surface area (TPSA) is 85.0 Å². The molecule has 2 N–H and O–H groups in total. The number of rotatable bonds is 4. The number of benzene rings is 1. The Bertz CT molecular complexity index is 950. The number of aromatic nitrogens is 3. The maximum absolute atomic E-state index is 12.5. The van der Waals surface area contributed by atoms with Gasteiger partial charge in [-0.1, -0.05) is 0 Å². The van der Waals surface area contributed by atoms with Crippen LogP contribution in [0.4, 0.5) is 5.69 Å². The number of carbonyl (C=O) groups is 1. The van der Waals surface area contributed by atoms with E-state index in [9.17, 15) is 4.79 Å². The molecule has 5 rings (SSSR count). The highest BCUT2D eigenvalue weighted by molar-refractivity contribution is 6.03. The van der Waals surface area contributed by atoms with Gasteiger partial charge in [0, 0.05) is 30.4 Å². The van der Waals surface area contributed by atoms with Crippen LogP contribution in [0.5, 0.6) is 0 Å². The molecule has 2 aromatic heterocycles. The summed E-state index contributed by atoms with van der Waals surface area (Å²) in [6.45, 7) is 1.95. The Balaban J connectivity index is 1.31. The van der Waals surface area contributed by atoms with Crippen LogP contribution in [0.25, 0.3) is 11.1 Å². The quantitative estimate of drug-likeness (QED) is 0.754. The van der Waals surface area contributed by atoms with Gasteiger partial charge in [0.15, 0.2) is 17.2 Å². The summed E-state index contributed by atoms with van der Waals surface area (Å²) < 4.78 is 7.71. The van der Waals surface area contributed by atoms with Crippen LogP contribution < -0.4 is 10.6 Å². The second-order valence-corrected chi connectivity index (χ2v) is 7.14. The van der Waals surface area contributed by atoms with E-state index < -0.39 is 0 Å². The Kier molecular flexibility index (Phi) is 3.74. The third-order valence-corrected chi connectivity index (χ3v) is 5.08. The van der Waals surface area contributed by atoms with Crippen LogP contribution >= 0.6 is 0 Å². The molecule has 1 aromatic carbocycles. The van der Waals surface area contributed by atoms with Crippen molar-refractivity contribution >= 4 is 22.7 Å². The lowest BCUT2D eigenvalue weighted by Crippen LogP contribution is -2.32. The molecule has 3 aromatic rings. The summed E-state index contributed by atoms with van der Waals surface area (Å²) in [6, 6.07) is 7.64. The van der Waals surface area contributed by atoms with Gasteiger partial charge in [-0.2, -0.15) is 5.10 Å². The van der Waals surface area contributed by atoms with Gasteiger partial charge in [0.25, 0.3) is 5.91 Å². The Morgan fingerprint density at radius 3 is 3.00 bits per heavy atom. The molecule has 2 aliphatic rings. The number of nitrogens with zero attached hydrogens (tertiary/aromatic N) is 3. The molecule has 0 spiro atoms. The minimum Gasteiger partial charge on any atom is -0.440 e. The van der Waals surface area contributed by atoms with E-state index in [1.165, 1.54) is 0 Å². The number of hydrogen-bond donors (Lipinski definition) is 2. The van der Waals surface area contributed by atoms with Crippen LogP contribution in [0, 0.1) is 0 Å². The minimum atomic E-state index is -0.214.